The molecule has 1 N–H and O–H groups in total. The number of amides is 1. The molecular formula is C25H24N2O7. The monoisotopic (exact) mass is 464 g/mol. The second-order valence-corrected chi connectivity index (χ2v) is 7.73. The van der Waals surface area contributed by atoms with Gasteiger partial charge in [-0.05, 0) is 43.7 Å². The predicted octanol–water partition coefficient (Wildman–Crippen LogP) is 3.94. The van der Waals surface area contributed by atoms with Gasteiger partial charge in [-0.3, -0.25) is 14.5 Å². The van der Waals surface area contributed by atoms with E-state index in [2.05, 4.69) is 5.16 Å². The Bertz CT molecular complexity index is 1310. The van der Waals surface area contributed by atoms with E-state index < -0.39 is 17.7 Å². The van der Waals surface area contributed by atoms with Crippen LogP contribution in [0.3, 0.4) is 0 Å². The summed E-state index contributed by atoms with van der Waals surface area (Å²) in [5.74, 6) is -0.0983. The third-order valence-electron chi connectivity index (χ3n) is 5.70. The highest BCUT2D eigenvalue weighted by atomic mass is 16.5. The Hall–Kier alpha value is -4.27. The molecule has 1 aliphatic rings. The lowest BCUT2D eigenvalue weighted by atomic mass is 9.94. The largest absolute Gasteiger partial charge is 0.507 e. The van der Waals surface area contributed by atoms with Crippen molar-refractivity contribution in [3.05, 3.63) is 70.5 Å². The summed E-state index contributed by atoms with van der Waals surface area (Å²) in [6, 6.07) is 10.6. The molecule has 2 aromatic carbocycles. The van der Waals surface area contributed by atoms with Crippen LogP contribution in [0.1, 0.15) is 28.5 Å². The zero-order chi connectivity index (χ0) is 24.6. The summed E-state index contributed by atoms with van der Waals surface area (Å²) in [7, 11) is 4.49. The van der Waals surface area contributed by atoms with Crippen molar-refractivity contribution in [2.24, 2.45) is 0 Å². The Kier molecular flexibility index (Phi) is 6.02. The Morgan fingerprint density at radius 3 is 2.32 bits per heavy atom. The quantitative estimate of drug-likeness (QED) is 0.332. The number of hydrogen-bond donors (Lipinski definition) is 1. The second-order valence-electron chi connectivity index (χ2n) is 7.73. The number of aliphatic hydroxyl groups is 1. The van der Waals surface area contributed by atoms with Crippen LogP contribution in [0, 0.1) is 13.8 Å². The Labute approximate surface area is 196 Å². The molecule has 0 bridgehead atoms. The van der Waals surface area contributed by atoms with E-state index in [0.717, 1.165) is 5.56 Å². The van der Waals surface area contributed by atoms with Crippen molar-refractivity contribution in [2.75, 3.05) is 26.2 Å². The van der Waals surface area contributed by atoms with Gasteiger partial charge in [0.1, 0.15) is 23.3 Å². The molecule has 1 aliphatic heterocycles. The lowest BCUT2D eigenvalue weighted by molar-refractivity contribution is -0.132. The standard InChI is InChI=1S/C25H24N2O7/c1-13-11-15(9-10-17(13)31-3)22(28)20-21(16-7-6-8-18(32-4)24(16)33-5)27(25(30)23(20)29)19-12-14(2)34-26-19/h6-12,21,28H,1-5H3/b22-20-. The summed E-state index contributed by atoms with van der Waals surface area (Å²) in [6.45, 7) is 3.49. The van der Waals surface area contributed by atoms with Gasteiger partial charge in [0.15, 0.2) is 17.3 Å². The Morgan fingerprint density at radius 1 is 1.00 bits per heavy atom. The molecule has 176 valence electrons. The first kappa shape index (κ1) is 22.9. The van der Waals surface area contributed by atoms with Gasteiger partial charge in [0.2, 0.25) is 0 Å². The molecule has 0 saturated carbocycles. The van der Waals surface area contributed by atoms with Gasteiger partial charge < -0.3 is 23.8 Å². The van der Waals surface area contributed by atoms with Gasteiger partial charge in [-0.15, -0.1) is 0 Å². The average Bonchev–Trinajstić information content (AvgIpc) is 3.38. The van der Waals surface area contributed by atoms with Gasteiger partial charge in [0, 0.05) is 17.2 Å². The molecule has 1 fully saturated rings. The van der Waals surface area contributed by atoms with Crippen molar-refractivity contribution in [2.45, 2.75) is 19.9 Å². The number of carbonyl (C=O) groups is 2. The number of nitrogens with zero attached hydrogens (tertiary/aromatic N) is 2. The highest BCUT2D eigenvalue weighted by molar-refractivity contribution is 6.51. The summed E-state index contributed by atoms with van der Waals surface area (Å²) in [4.78, 5) is 27.7. The van der Waals surface area contributed by atoms with Crippen LogP contribution < -0.4 is 19.1 Å². The van der Waals surface area contributed by atoms with Crippen LogP contribution in [0.15, 0.2) is 52.6 Å². The van der Waals surface area contributed by atoms with Crippen LogP contribution in [0.5, 0.6) is 17.2 Å². The van der Waals surface area contributed by atoms with Gasteiger partial charge in [0.05, 0.1) is 26.9 Å². The van der Waals surface area contributed by atoms with E-state index in [1.54, 1.807) is 56.5 Å². The molecule has 1 unspecified atom stereocenters. The first-order chi connectivity index (χ1) is 16.3. The van der Waals surface area contributed by atoms with Crippen LogP contribution in [0.4, 0.5) is 5.82 Å². The molecule has 4 rings (SSSR count). The lowest BCUT2D eigenvalue weighted by Gasteiger charge is -2.25. The number of methoxy groups -OCH3 is 3. The van der Waals surface area contributed by atoms with E-state index in [4.69, 9.17) is 18.7 Å². The highest BCUT2D eigenvalue weighted by Gasteiger charge is 2.49. The number of ketones is 1. The minimum atomic E-state index is -1.04. The fraction of sp³-hybridized carbons (Fsp3) is 0.240. The van der Waals surface area contributed by atoms with Crippen molar-refractivity contribution in [1.82, 2.24) is 5.16 Å². The first-order valence-corrected chi connectivity index (χ1v) is 10.4. The number of hydrogen-bond acceptors (Lipinski definition) is 8. The molecule has 1 aromatic heterocycles. The van der Waals surface area contributed by atoms with Crippen LogP contribution >= 0.6 is 0 Å². The van der Waals surface area contributed by atoms with Crippen LogP contribution in [-0.2, 0) is 9.59 Å². The number of rotatable bonds is 6. The van der Waals surface area contributed by atoms with Crippen molar-refractivity contribution >= 4 is 23.3 Å². The minimum absolute atomic E-state index is 0.109. The molecule has 1 amide bonds. The van der Waals surface area contributed by atoms with Crippen molar-refractivity contribution in [3.8, 4) is 17.2 Å². The zero-order valence-corrected chi connectivity index (χ0v) is 19.4. The van der Waals surface area contributed by atoms with Crippen molar-refractivity contribution in [1.29, 1.82) is 0 Å². The van der Waals surface area contributed by atoms with E-state index in [1.165, 1.54) is 19.1 Å². The summed E-state index contributed by atoms with van der Waals surface area (Å²) >= 11 is 0. The molecule has 0 aliphatic carbocycles. The fourth-order valence-electron chi connectivity index (χ4n) is 4.14. The number of para-hydroxylation sites is 1. The molecule has 2 heterocycles. The SMILES string of the molecule is COc1ccc(/C(O)=C2/C(=O)C(=O)N(c3cc(C)on3)C2c2cccc(OC)c2OC)cc1C. The Morgan fingerprint density at radius 2 is 1.74 bits per heavy atom. The third-order valence-corrected chi connectivity index (χ3v) is 5.70. The maximum Gasteiger partial charge on any atom is 0.301 e. The predicted molar refractivity (Wildman–Crippen MR) is 123 cm³/mol. The maximum absolute atomic E-state index is 13.3. The molecule has 0 radical (unpaired) electrons. The van der Waals surface area contributed by atoms with Crippen LogP contribution in [0.25, 0.3) is 5.76 Å². The zero-order valence-electron chi connectivity index (χ0n) is 19.4. The molecule has 9 nitrogen and oxygen atoms in total. The minimum Gasteiger partial charge on any atom is -0.507 e. The van der Waals surface area contributed by atoms with Gasteiger partial charge in [0.25, 0.3) is 5.78 Å². The number of aryl methyl sites for hydroxylation is 2. The van der Waals surface area contributed by atoms with E-state index in [-0.39, 0.29) is 17.2 Å². The molecule has 34 heavy (non-hydrogen) atoms. The van der Waals surface area contributed by atoms with Crippen molar-refractivity contribution in [3.63, 3.8) is 0 Å². The third kappa shape index (κ3) is 3.64. The number of Topliss-reactive ketones (excluding diaryl/α,β-unsaturated/α-hetero) is 1. The number of benzene rings is 2. The maximum atomic E-state index is 13.3. The smallest absolute Gasteiger partial charge is 0.301 e. The summed E-state index contributed by atoms with van der Waals surface area (Å²) < 4.78 is 21.5. The van der Waals surface area contributed by atoms with Crippen molar-refractivity contribution < 1.29 is 33.4 Å². The fourth-order valence-corrected chi connectivity index (χ4v) is 4.14. The van der Waals surface area contributed by atoms with E-state index in [9.17, 15) is 14.7 Å². The average molecular weight is 464 g/mol. The van der Waals surface area contributed by atoms with E-state index in [0.29, 0.717) is 34.1 Å². The number of carbonyl (C=O) groups excluding carboxylic acids is 2. The highest BCUT2D eigenvalue weighted by Crippen LogP contribution is 2.47. The van der Waals surface area contributed by atoms with Crippen LogP contribution in [-0.4, -0.2) is 43.3 Å². The normalized spacial score (nSPS) is 17.2. The molecule has 1 atom stereocenters. The van der Waals surface area contributed by atoms with Gasteiger partial charge in [-0.1, -0.05) is 17.3 Å². The number of aromatic nitrogens is 1. The topological polar surface area (TPSA) is 111 Å². The number of aliphatic hydroxyl groups excluding tert-OH is 1. The molecule has 9 heteroatoms. The van der Waals surface area contributed by atoms with Gasteiger partial charge in [-0.2, -0.15) is 0 Å². The lowest BCUT2D eigenvalue weighted by Crippen LogP contribution is -2.30. The van der Waals surface area contributed by atoms with E-state index in [1.807, 2.05) is 6.92 Å². The first-order valence-electron chi connectivity index (χ1n) is 10.4. The molecular weight excluding hydrogens is 440 g/mol. The number of ether oxygens (including phenoxy) is 3. The van der Waals surface area contributed by atoms with Gasteiger partial charge in [-0.25, -0.2) is 0 Å². The molecule has 1 saturated heterocycles. The second kappa shape index (κ2) is 8.93. The molecule has 3 aromatic rings. The summed E-state index contributed by atoms with van der Waals surface area (Å²) in [6.07, 6.45) is 0. The van der Waals surface area contributed by atoms with Gasteiger partial charge >= 0.3 is 5.91 Å². The Balaban J connectivity index is 2.00. The summed E-state index contributed by atoms with van der Waals surface area (Å²) in [5, 5.41) is 15.3. The van der Waals surface area contributed by atoms with E-state index >= 15 is 0 Å². The number of anilines is 1. The summed E-state index contributed by atoms with van der Waals surface area (Å²) in [5.41, 5.74) is 1.44. The molecule has 0 spiro atoms. The van der Waals surface area contributed by atoms with Crippen LogP contribution in [0.2, 0.25) is 0 Å².